The second-order valence-electron chi connectivity index (χ2n) is 7.67. The molecule has 5 atom stereocenters. The predicted molar refractivity (Wildman–Crippen MR) is 116 cm³/mol. The van der Waals surface area contributed by atoms with E-state index >= 15 is 0 Å². The first-order valence-electron chi connectivity index (χ1n) is 10.4. The highest BCUT2D eigenvalue weighted by Gasteiger charge is 2.32. The Bertz CT molecular complexity index is 920. The minimum absolute atomic E-state index is 0.201. The fourth-order valence-electron chi connectivity index (χ4n) is 2.79. The minimum Gasteiger partial charge on any atom is -0.481 e. The van der Waals surface area contributed by atoms with E-state index in [0.29, 0.717) is 5.69 Å². The largest absolute Gasteiger partial charge is 0.481 e. The molecule has 1 heterocycles. The molecule has 194 valence electrons. The van der Waals surface area contributed by atoms with Crippen molar-refractivity contribution in [2.75, 3.05) is 0 Å². The number of hydrogen-bond donors (Lipinski definition) is 9. The lowest BCUT2D eigenvalue weighted by atomic mass is 10.1. The summed E-state index contributed by atoms with van der Waals surface area (Å²) in [5.74, 6) is -6.69. The lowest BCUT2D eigenvalue weighted by Crippen LogP contribution is -2.59. The number of nitrogens with zero attached hydrogens (tertiary/aromatic N) is 1. The van der Waals surface area contributed by atoms with Gasteiger partial charge in [-0.05, 0) is 13.3 Å². The highest BCUT2D eigenvalue weighted by Crippen LogP contribution is 2.05. The maximum atomic E-state index is 12.8. The number of hydrogen-bond acceptors (Lipinski definition) is 9. The molecule has 35 heavy (non-hydrogen) atoms. The van der Waals surface area contributed by atoms with Crippen molar-refractivity contribution in [2.45, 2.75) is 62.9 Å². The van der Waals surface area contributed by atoms with E-state index in [0.717, 1.165) is 0 Å². The molecule has 0 aliphatic heterocycles. The van der Waals surface area contributed by atoms with Gasteiger partial charge in [0, 0.05) is 24.7 Å². The number of carboxylic acids is 2. The lowest BCUT2D eigenvalue weighted by molar-refractivity contribution is -0.143. The van der Waals surface area contributed by atoms with Crippen molar-refractivity contribution in [3.63, 3.8) is 0 Å². The van der Waals surface area contributed by atoms with Gasteiger partial charge in [0.1, 0.15) is 24.2 Å². The number of H-pyrrole nitrogens is 1. The molecule has 4 amide bonds. The Hall–Kier alpha value is -4.05. The number of aliphatic hydroxyl groups is 1. The number of nitrogens with two attached hydrogens (primary N) is 2. The van der Waals surface area contributed by atoms with Gasteiger partial charge >= 0.3 is 11.9 Å². The van der Waals surface area contributed by atoms with Gasteiger partial charge in [0.15, 0.2) is 0 Å². The van der Waals surface area contributed by atoms with Crippen LogP contribution in [0.4, 0.5) is 0 Å². The van der Waals surface area contributed by atoms with Crippen LogP contribution in [-0.2, 0) is 35.2 Å². The molecule has 0 fully saturated rings. The molecular weight excluding hydrogens is 470 g/mol. The number of amides is 4. The second kappa shape index (κ2) is 13.6. The summed E-state index contributed by atoms with van der Waals surface area (Å²) in [6.07, 6.45) is -0.455. The number of imidazole rings is 1. The summed E-state index contributed by atoms with van der Waals surface area (Å²) in [6.45, 7) is 1.24. The molecule has 0 bridgehead atoms. The zero-order valence-corrected chi connectivity index (χ0v) is 18.8. The summed E-state index contributed by atoms with van der Waals surface area (Å²) in [6, 6.07) is -5.98. The van der Waals surface area contributed by atoms with E-state index in [4.69, 9.17) is 16.6 Å². The minimum atomic E-state index is -1.57. The number of aromatic nitrogens is 2. The van der Waals surface area contributed by atoms with Crippen LogP contribution in [0, 0.1) is 0 Å². The van der Waals surface area contributed by atoms with E-state index < -0.39 is 85.1 Å². The molecule has 1 aromatic rings. The van der Waals surface area contributed by atoms with Gasteiger partial charge in [0.05, 0.1) is 18.9 Å². The van der Waals surface area contributed by atoms with E-state index in [-0.39, 0.29) is 6.42 Å². The van der Waals surface area contributed by atoms with E-state index in [1.165, 1.54) is 19.4 Å². The summed E-state index contributed by atoms with van der Waals surface area (Å²) in [7, 11) is 0. The molecule has 1 aromatic heterocycles. The van der Waals surface area contributed by atoms with Gasteiger partial charge in [0.25, 0.3) is 0 Å². The fourth-order valence-corrected chi connectivity index (χ4v) is 2.79. The smallest absolute Gasteiger partial charge is 0.326 e. The standard InChI is InChI=1S/C19H29N7O9/c1-8(27)15(21)18(33)26-12(5-13(20)28)17(32)25-11(4-9-6-22-7-23-9)16(31)24-10(19(34)35)2-3-14(29)30/h6-8,10-12,15,27H,2-5,21H2,1H3,(H2,20,28)(H,22,23)(H,24,31)(H,25,32)(H,26,33)(H,29,30)(H,34,35). The van der Waals surface area contributed by atoms with Crippen LogP contribution in [0.3, 0.4) is 0 Å². The van der Waals surface area contributed by atoms with Gasteiger partial charge in [-0.1, -0.05) is 0 Å². The number of carbonyl (C=O) groups excluding carboxylic acids is 4. The Morgan fingerprint density at radius 1 is 1.00 bits per heavy atom. The first kappa shape index (κ1) is 29.0. The summed E-state index contributed by atoms with van der Waals surface area (Å²) in [4.78, 5) is 78.0. The molecule has 0 radical (unpaired) electrons. The lowest BCUT2D eigenvalue weighted by Gasteiger charge is -2.25. The normalized spacial score (nSPS) is 15.1. The van der Waals surface area contributed by atoms with Gasteiger partial charge < -0.3 is 47.7 Å². The number of aliphatic hydroxyl groups excluding tert-OH is 1. The quantitative estimate of drug-likeness (QED) is 0.112. The predicted octanol–water partition coefficient (Wildman–Crippen LogP) is -4.06. The van der Waals surface area contributed by atoms with Crippen LogP contribution in [0.5, 0.6) is 0 Å². The highest BCUT2D eigenvalue weighted by molar-refractivity contribution is 5.96. The van der Waals surface area contributed by atoms with Crippen molar-refractivity contribution < 1.29 is 44.1 Å². The fraction of sp³-hybridized carbons (Fsp3) is 0.526. The van der Waals surface area contributed by atoms with Crippen molar-refractivity contribution in [1.29, 1.82) is 0 Å². The van der Waals surface area contributed by atoms with Crippen molar-refractivity contribution in [2.24, 2.45) is 11.5 Å². The molecule has 0 saturated heterocycles. The third-order valence-corrected chi connectivity index (χ3v) is 4.73. The molecule has 0 aromatic carbocycles. The Morgan fingerprint density at radius 3 is 2.06 bits per heavy atom. The van der Waals surface area contributed by atoms with E-state index in [1.54, 1.807) is 0 Å². The SMILES string of the molecule is CC(O)C(N)C(=O)NC(CC(N)=O)C(=O)NC(Cc1cnc[nH]1)C(=O)NC(CCC(=O)O)C(=O)O. The molecule has 16 heteroatoms. The molecular formula is C19H29N7O9. The average molecular weight is 499 g/mol. The van der Waals surface area contributed by atoms with Crippen LogP contribution in [-0.4, -0.2) is 91.1 Å². The van der Waals surface area contributed by atoms with Crippen LogP contribution in [0.15, 0.2) is 12.5 Å². The number of primary amides is 1. The number of aliphatic carboxylic acids is 2. The Kier molecular flexibility index (Phi) is 11.3. The van der Waals surface area contributed by atoms with Crippen molar-refractivity contribution >= 4 is 35.6 Å². The van der Waals surface area contributed by atoms with Gasteiger partial charge in [-0.2, -0.15) is 0 Å². The zero-order valence-electron chi connectivity index (χ0n) is 18.8. The molecule has 5 unspecified atom stereocenters. The first-order chi connectivity index (χ1) is 16.3. The molecule has 0 saturated carbocycles. The summed E-state index contributed by atoms with van der Waals surface area (Å²) >= 11 is 0. The molecule has 1 rings (SSSR count). The molecule has 0 spiro atoms. The second-order valence-corrected chi connectivity index (χ2v) is 7.67. The zero-order chi connectivity index (χ0) is 26.7. The Labute approximate surface area is 198 Å². The van der Waals surface area contributed by atoms with E-state index in [1.807, 2.05) is 0 Å². The van der Waals surface area contributed by atoms with Crippen molar-refractivity contribution in [3.8, 4) is 0 Å². The topological polar surface area (TPSA) is 280 Å². The summed E-state index contributed by atoms with van der Waals surface area (Å²) in [5.41, 5.74) is 11.0. The maximum Gasteiger partial charge on any atom is 0.326 e. The molecule has 0 aliphatic rings. The van der Waals surface area contributed by atoms with Crippen molar-refractivity contribution in [1.82, 2.24) is 25.9 Å². The Balaban J connectivity index is 3.08. The number of nitrogens with one attached hydrogen (secondary N) is 4. The van der Waals surface area contributed by atoms with Gasteiger partial charge in [-0.3, -0.25) is 24.0 Å². The monoisotopic (exact) mass is 499 g/mol. The van der Waals surface area contributed by atoms with E-state index in [9.17, 15) is 39.0 Å². The summed E-state index contributed by atoms with van der Waals surface area (Å²) < 4.78 is 0. The number of aromatic amines is 1. The molecule has 16 nitrogen and oxygen atoms in total. The van der Waals surface area contributed by atoms with Crippen LogP contribution < -0.4 is 27.4 Å². The van der Waals surface area contributed by atoms with Crippen LogP contribution in [0.25, 0.3) is 0 Å². The average Bonchev–Trinajstić information content (AvgIpc) is 3.27. The molecule has 11 N–H and O–H groups in total. The highest BCUT2D eigenvalue weighted by atomic mass is 16.4. The number of carboxylic acid groups (broad SMARTS) is 2. The van der Waals surface area contributed by atoms with Crippen LogP contribution in [0.1, 0.15) is 31.9 Å². The van der Waals surface area contributed by atoms with E-state index in [2.05, 4.69) is 25.9 Å². The maximum absolute atomic E-state index is 12.8. The first-order valence-corrected chi connectivity index (χ1v) is 10.4. The third kappa shape index (κ3) is 10.2. The van der Waals surface area contributed by atoms with Crippen molar-refractivity contribution in [3.05, 3.63) is 18.2 Å². The summed E-state index contributed by atoms with van der Waals surface area (Å²) in [5, 5.41) is 34.2. The molecule has 0 aliphatic carbocycles. The van der Waals surface area contributed by atoms with Gasteiger partial charge in [-0.25, -0.2) is 9.78 Å². The number of carbonyl (C=O) groups is 6. The van der Waals surface area contributed by atoms with Crippen LogP contribution in [0.2, 0.25) is 0 Å². The third-order valence-electron chi connectivity index (χ3n) is 4.73. The van der Waals surface area contributed by atoms with Gasteiger partial charge in [-0.15, -0.1) is 0 Å². The van der Waals surface area contributed by atoms with Gasteiger partial charge in [0.2, 0.25) is 23.6 Å². The van der Waals surface area contributed by atoms with Crippen LogP contribution >= 0.6 is 0 Å². The Morgan fingerprint density at radius 2 is 1.57 bits per heavy atom. The number of rotatable bonds is 15.